The zero-order chi connectivity index (χ0) is 18.9. The normalized spacial score (nSPS) is 14.8. The van der Waals surface area contributed by atoms with Gasteiger partial charge in [0.2, 0.25) is 5.91 Å². The summed E-state index contributed by atoms with van der Waals surface area (Å²) in [5.74, 6) is 1.57. The summed E-state index contributed by atoms with van der Waals surface area (Å²) < 4.78 is 6.03. The molecule has 3 rings (SSSR count). The van der Waals surface area contributed by atoms with E-state index in [1.165, 1.54) is 0 Å². The summed E-state index contributed by atoms with van der Waals surface area (Å²) >= 11 is 0. The number of benzene rings is 2. The lowest BCUT2D eigenvalue weighted by Gasteiger charge is -2.34. The molecule has 1 saturated heterocycles. The molecule has 1 aliphatic heterocycles. The van der Waals surface area contributed by atoms with Crippen LogP contribution in [0, 0.1) is 0 Å². The highest BCUT2D eigenvalue weighted by Crippen LogP contribution is 2.18. The van der Waals surface area contributed by atoms with E-state index in [9.17, 15) is 4.79 Å². The van der Waals surface area contributed by atoms with E-state index in [1.54, 1.807) is 7.05 Å². The van der Waals surface area contributed by atoms with Crippen molar-refractivity contribution in [1.29, 1.82) is 0 Å². The molecular formula is C21H27IN4O2. The summed E-state index contributed by atoms with van der Waals surface area (Å²) in [5, 5.41) is 6.01. The van der Waals surface area contributed by atoms with Crippen LogP contribution < -0.4 is 15.4 Å². The summed E-state index contributed by atoms with van der Waals surface area (Å²) in [7, 11) is 1.74. The molecule has 0 unspecified atom stereocenters. The zero-order valence-corrected chi connectivity index (χ0v) is 18.3. The van der Waals surface area contributed by atoms with Gasteiger partial charge in [-0.1, -0.05) is 36.4 Å². The third-order valence-corrected chi connectivity index (χ3v) is 4.46. The first-order chi connectivity index (χ1) is 13.2. The van der Waals surface area contributed by atoms with Crippen molar-refractivity contribution in [2.45, 2.75) is 18.9 Å². The topological polar surface area (TPSA) is 66.0 Å². The quantitative estimate of drug-likeness (QED) is 0.380. The Morgan fingerprint density at radius 1 is 1.07 bits per heavy atom. The number of ether oxygens (including phenoxy) is 1. The van der Waals surface area contributed by atoms with E-state index in [0.29, 0.717) is 0 Å². The average Bonchev–Trinajstić information content (AvgIpc) is 2.71. The molecule has 150 valence electrons. The number of nitrogens with one attached hydrogen (secondary N) is 2. The lowest BCUT2D eigenvalue weighted by atomic mass is 10.1. The Morgan fingerprint density at radius 3 is 2.29 bits per heavy atom. The van der Waals surface area contributed by atoms with Crippen molar-refractivity contribution in [3.05, 3.63) is 60.7 Å². The molecular weight excluding hydrogens is 467 g/mol. The third kappa shape index (κ3) is 6.70. The van der Waals surface area contributed by atoms with E-state index < -0.39 is 0 Å². The average molecular weight is 494 g/mol. The molecule has 1 heterocycles. The molecule has 2 aromatic rings. The number of anilines is 1. The van der Waals surface area contributed by atoms with Gasteiger partial charge in [-0.05, 0) is 24.3 Å². The number of aliphatic imine (C=N–C) groups is 1. The van der Waals surface area contributed by atoms with Crippen molar-refractivity contribution in [3.63, 3.8) is 0 Å². The predicted octanol–water partition coefficient (Wildman–Crippen LogP) is 3.36. The van der Waals surface area contributed by atoms with Crippen LogP contribution in [0.2, 0.25) is 0 Å². The second-order valence-electron chi connectivity index (χ2n) is 6.43. The number of guanidine groups is 1. The molecule has 7 heteroatoms. The molecule has 0 radical (unpaired) electrons. The Hall–Kier alpha value is -2.29. The van der Waals surface area contributed by atoms with E-state index >= 15 is 0 Å². The van der Waals surface area contributed by atoms with Gasteiger partial charge in [-0.3, -0.25) is 9.79 Å². The molecule has 28 heavy (non-hydrogen) atoms. The molecule has 0 aromatic heterocycles. The van der Waals surface area contributed by atoms with Crippen molar-refractivity contribution in [1.82, 2.24) is 10.2 Å². The van der Waals surface area contributed by atoms with Crippen molar-refractivity contribution < 1.29 is 9.53 Å². The fraction of sp³-hybridized carbons (Fsp3) is 0.333. The maximum atomic E-state index is 12.1. The number of likely N-dealkylation sites (tertiary alicyclic amines) is 1. The fourth-order valence-corrected chi connectivity index (χ4v) is 3.10. The maximum Gasteiger partial charge on any atom is 0.243 e. The molecule has 2 aromatic carbocycles. The molecule has 2 N–H and O–H groups in total. The van der Waals surface area contributed by atoms with Gasteiger partial charge in [0.05, 0.1) is 6.54 Å². The van der Waals surface area contributed by atoms with Gasteiger partial charge in [0.15, 0.2) is 5.96 Å². The van der Waals surface area contributed by atoms with Crippen LogP contribution in [-0.4, -0.2) is 49.6 Å². The summed E-state index contributed by atoms with van der Waals surface area (Å²) in [6, 6.07) is 19.4. The summed E-state index contributed by atoms with van der Waals surface area (Å²) in [4.78, 5) is 18.6. The van der Waals surface area contributed by atoms with Gasteiger partial charge in [0.25, 0.3) is 0 Å². The molecule has 0 spiro atoms. The third-order valence-electron chi connectivity index (χ3n) is 4.46. The van der Waals surface area contributed by atoms with Crippen molar-refractivity contribution in [2.24, 2.45) is 4.99 Å². The maximum absolute atomic E-state index is 12.1. The highest BCUT2D eigenvalue weighted by molar-refractivity contribution is 14.0. The highest BCUT2D eigenvalue weighted by atomic mass is 127. The molecule has 1 fully saturated rings. The second-order valence-corrected chi connectivity index (χ2v) is 6.43. The van der Waals surface area contributed by atoms with Gasteiger partial charge in [-0.15, -0.1) is 24.0 Å². The predicted molar refractivity (Wildman–Crippen MR) is 124 cm³/mol. The van der Waals surface area contributed by atoms with Gasteiger partial charge in [-0.2, -0.15) is 0 Å². The monoisotopic (exact) mass is 494 g/mol. The minimum Gasteiger partial charge on any atom is -0.490 e. The number of halogens is 1. The number of amides is 1. The van der Waals surface area contributed by atoms with E-state index in [0.717, 1.165) is 43.3 Å². The van der Waals surface area contributed by atoms with Gasteiger partial charge >= 0.3 is 0 Å². The Balaban J connectivity index is 0.00000280. The number of carbonyl (C=O) groups is 1. The van der Waals surface area contributed by atoms with Crippen LogP contribution in [0.3, 0.4) is 0 Å². The Morgan fingerprint density at radius 2 is 1.68 bits per heavy atom. The summed E-state index contributed by atoms with van der Waals surface area (Å²) in [5.41, 5.74) is 0.790. The van der Waals surface area contributed by atoms with Crippen molar-refractivity contribution >= 4 is 41.5 Å². The minimum absolute atomic E-state index is 0. The second kappa shape index (κ2) is 11.5. The lowest BCUT2D eigenvalue weighted by Crippen LogP contribution is -2.49. The molecule has 6 nitrogen and oxygen atoms in total. The first-order valence-corrected chi connectivity index (χ1v) is 9.27. The smallest absolute Gasteiger partial charge is 0.243 e. The highest BCUT2D eigenvalue weighted by Gasteiger charge is 2.23. The van der Waals surface area contributed by atoms with E-state index in [-0.39, 0.29) is 42.5 Å². The van der Waals surface area contributed by atoms with Crippen LogP contribution in [0.25, 0.3) is 0 Å². The van der Waals surface area contributed by atoms with Crippen LogP contribution in [0.5, 0.6) is 5.75 Å². The van der Waals surface area contributed by atoms with Gasteiger partial charge < -0.3 is 20.3 Å². The molecule has 0 aliphatic carbocycles. The number of nitrogens with zero attached hydrogens (tertiary/aromatic N) is 2. The van der Waals surface area contributed by atoms with Crippen LogP contribution >= 0.6 is 24.0 Å². The van der Waals surface area contributed by atoms with Gasteiger partial charge in [0, 0.05) is 38.7 Å². The van der Waals surface area contributed by atoms with E-state index in [4.69, 9.17) is 4.74 Å². The largest absolute Gasteiger partial charge is 0.490 e. The lowest BCUT2D eigenvalue weighted by molar-refractivity contribution is -0.115. The van der Waals surface area contributed by atoms with E-state index in [1.807, 2.05) is 60.7 Å². The first kappa shape index (κ1) is 22.0. The Labute approximate surface area is 183 Å². The first-order valence-electron chi connectivity index (χ1n) is 9.27. The SMILES string of the molecule is CN=C(NCC(=O)Nc1ccccc1)N1CCC(Oc2ccccc2)CC1.I. The molecule has 0 bridgehead atoms. The summed E-state index contributed by atoms with van der Waals surface area (Å²) in [6.07, 6.45) is 2.06. The number of rotatable bonds is 5. The fourth-order valence-electron chi connectivity index (χ4n) is 3.10. The number of para-hydroxylation sites is 2. The van der Waals surface area contributed by atoms with Crippen LogP contribution in [0.4, 0.5) is 5.69 Å². The number of hydrogen-bond donors (Lipinski definition) is 2. The summed E-state index contributed by atoms with van der Waals surface area (Å²) in [6.45, 7) is 1.87. The number of piperidine rings is 1. The van der Waals surface area contributed by atoms with Crippen LogP contribution in [-0.2, 0) is 4.79 Å². The van der Waals surface area contributed by atoms with E-state index in [2.05, 4.69) is 20.5 Å². The Bertz CT molecular complexity index is 748. The van der Waals surface area contributed by atoms with Crippen LogP contribution in [0.1, 0.15) is 12.8 Å². The van der Waals surface area contributed by atoms with Crippen LogP contribution in [0.15, 0.2) is 65.7 Å². The molecule has 1 aliphatic rings. The number of hydrogen-bond acceptors (Lipinski definition) is 3. The van der Waals surface area contributed by atoms with Gasteiger partial charge in [0.1, 0.15) is 11.9 Å². The molecule has 0 saturated carbocycles. The zero-order valence-electron chi connectivity index (χ0n) is 16.0. The van der Waals surface area contributed by atoms with Crippen molar-refractivity contribution in [3.8, 4) is 5.75 Å². The Kier molecular flexibility index (Phi) is 9.06. The molecule has 1 amide bonds. The standard InChI is InChI=1S/C21H26N4O2.HI/c1-22-21(23-16-20(26)24-17-8-4-2-5-9-17)25-14-12-19(13-15-25)27-18-10-6-3-7-11-18;/h2-11,19H,12-16H2,1H3,(H,22,23)(H,24,26);1H. The minimum atomic E-state index is -0.0929. The van der Waals surface area contributed by atoms with Crippen molar-refractivity contribution in [2.75, 3.05) is 32.0 Å². The molecule has 0 atom stereocenters. The van der Waals surface area contributed by atoms with Gasteiger partial charge in [-0.25, -0.2) is 0 Å². The number of carbonyl (C=O) groups excluding carboxylic acids is 1.